The van der Waals surface area contributed by atoms with E-state index in [9.17, 15) is 0 Å². The standard InChI is InChI=1S/C20H38/c1-7-18(4)12-9-14-20(6)16-10-15-19(5)13-8-11-17(2)3/h7,17,19-20H,1,4,8-16H2,2-3,5-6H3/t19-,20-/m1/s1. The fraction of sp³-hybridized carbons (Fsp3) is 0.800. The molecular weight excluding hydrogens is 240 g/mol. The Bertz CT molecular complexity index is 249. The average molecular weight is 279 g/mol. The first-order chi connectivity index (χ1) is 9.45. The van der Waals surface area contributed by atoms with Crippen LogP contribution in [0, 0.1) is 17.8 Å². The van der Waals surface area contributed by atoms with E-state index in [0.29, 0.717) is 0 Å². The van der Waals surface area contributed by atoms with Crippen LogP contribution in [-0.2, 0) is 0 Å². The molecular formula is C20H38. The van der Waals surface area contributed by atoms with Gasteiger partial charge in [0.25, 0.3) is 0 Å². The second-order valence-corrected chi connectivity index (χ2v) is 7.22. The largest absolute Gasteiger partial charge is 0.0988 e. The summed E-state index contributed by atoms with van der Waals surface area (Å²) in [6, 6.07) is 0. The molecule has 0 aromatic rings. The van der Waals surface area contributed by atoms with Crippen molar-refractivity contribution in [3.8, 4) is 0 Å². The lowest BCUT2D eigenvalue weighted by molar-refractivity contribution is 0.389. The van der Waals surface area contributed by atoms with Crippen molar-refractivity contribution in [3.63, 3.8) is 0 Å². The Morgan fingerprint density at radius 3 is 1.70 bits per heavy atom. The zero-order valence-corrected chi connectivity index (χ0v) is 14.6. The van der Waals surface area contributed by atoms with Crippen molar-refractivity contribution < 1.29 is 0 Å². The minimum Gasteiger partial charge on any atom is -0.0988 e. The van der Waals surface area contributed by atoms with E-state index >= 15 is 0 Å². The molecule has 0 aromatic carbocycles. The molecule has 0 aromatic heterocycles. The van der Waals surface area contributed by atoms with Crippen LogP contribution in [0.4, 0.5) is 0 Å². The molecule has 2 atom stereocenters. The number of allylic oxidation sites excluding steroid dienone is 2. The summed E-state index contributed by atoms with van der Waals surface area (Å²) in [4.78, 5) is 0. The van der Waals surface area contributed by atoms with Crippen molar-refractivity contribution in [3.05, 3.63) is 24.8 Å². The molecule has 0 radical (unpaired) electrons. The van der Waals surface area contributed by atoms with Gasteiger partial charge in [-0.05, 0) is 30.6 Å². The van der Waals surface area contributed by atoms with Crippen LogP contribution in [0.15, 0.2) is 24.8 Å². The zero-order valence-electron chi connectivity index (χ0n) is 14.6. The fourth-order valence-electron chi connectivity index (χ4n) is 2.76. The topological polar surface area (TPSA) is 0 Å². The molecule has 0 aliphatic carbocycles. The van der Waals surface area contributed by atoms with Crippen molar-refractivity contribution in [2.75, 3.05) is 0 Å². The Morgan fingerprint density at radius 2 is 1.25 bits per heavy atom. The molecule has 0 unspecified atom stereocenters. The highest BCUT2D eigenvalue weighted by Crippen LogP contribution is 2.21. The van der Waals surface area contributed by atoms with Gasteiger partial charge in [0.1, 0.15) is 0 Å². The third-order valence-corrected chi connectivity index (χ3v) is 4.36. The van der Waals surface area contributed by atoms with E-state index in [4.69, 9.17) is 0 Å². The molecule has 0 rings (SSSR count). The van der Waals surface area contributed by atoms with Crippen molar-refractivity contribution in [2.45, 2.75) is 85.5 Å². The second kappa shape index (κ2) is 12.2. The van der Waals surface area contributed by atoms with Crippen LogP contribution < -0.4 is 0 Å². The third-order valence-electron chi connectivity index (χ3n) is 4.36. The lowest BCUT2D eigenvalue weighted by Crippen LogP contribution is -2.00. The van der Waals surface area contributed by atoms with Crippen LogP contribution in [0.3, 0.4) is 0 Å². The van der Waals surface area contributed by atoms with Gasteiger partial charge in [0, 0.05) is 0 Å². The van der Waals surface area contributed by atoms with E-state index in [1.807, 2.05) is 6.08 Å². The van der Waals surface area contributed by atoms with Gasteiger partial charge in [-0.3, -0.25) is 0 Å². The van der Waals surface area contributed by atoms with Gasteiger partial charge in [-0.2, -0.15) is 0 Å². The van der Waals surface area contributed by atoms with Gasteiger partial charge in [0.2, 0.25) is 0 Å². The SMILES string of the molecule is C=CC(=C)CCC[C@@H](C)CCC[C@H](C)CCCC(C)C. The Morgan fingerprint density at radius 1 is 0.800 bits per heavy atom. The molecule has 0 saturated carbocycles. The predicted octanol–water partition coefficient (Wildman–Crippen LogP) is 7.17. The average Bonchev–Trinajstić information content (AvgIpc) is 2.38. The molecule has 0 aliphatic rings. The zero-order chi connectivity index (χ0) is 15.4. The summed E-state index contributed by atoms with van der Waals surface area (Å²) >= 11 is 0. The molecule has 118 valence electrons. The molecule has 0 spiro atoms. The summed E-state index contributed by atoms with van der Waals surface area (Å²) in [5, 5.41) is 0. The minimum absolute atomic E-state index is 0.868. The summed E-state index contributed by atoms with van der Waals surface area (Å²) in [6.45, 7) is 17.2. The first-order valence-corrected chi connectivity index (χ1v) is 8.75. The number of rotatable bonds is 13. The Kier molecular flexibility index (Phi) is 11.9. The molecule has 0 saturated heterocycles. The van der Waals surface area contributed by atoms with Crippen LogP contribution in [0.1, 0.15) is 85.5 Å². The van der Waals surface area contributed by atoms with E-state index in [-0.39, 0.29) is 0 Å². The number of hydrogen-bond acceptors (Lipinski definition) is 0. The highest BCUT2D eigenvalue weighted by atomic mass is 14.1. The van der Waals surface area contributed by atoms with Gasteiger partial charge in [-0.15, -0.1) is 0 Å². The summed E-state index contributed by atoms with van der Waals surface area (Å²) in [6.07, 6.45) is 14.1. The van der Waals surface area contributed by atoms with Gasteiger partial charge >= 0.3 is 0 Å². The van der Waals surface area contributed by atoms with Gasteiger partial charge in [-0.1, -0.05) is 97.4 Å². The molecule has 20 heavy (non-hydrogen) atoms. The maximum Gasteiger partial charge on any atom is -0.0285 e. The maximum absolute atomic E-state index is 3.98. The second-order valence-electron chi connectivity index (χ2n) is 7.22. The predicted molar refractivity (Wildman–Crippen MR) is 94.1 cm³/mol. The fourth-order valence-corrected chi connectivity index (χ4v) is 2.76. The van der Waals surface area contributed by atoms with Crippen LogP contribution in [-0.4, -0.2) is 0 Å². The van der Waals surface area contributed by atoms with Crippen LogP contribution in [0.25, 0.3) is 0 Å². The van der Waals surface area contributed by atoms with Gasteiger partial charge in [0.15, 0.2) is 0 Å². The molecule has 0 heteroatoms. The Hall–Kier alpha value is -0.520. The van der Waals surface area contributed by atoms with Crippen molar-refractivity contribution in [2.24, 2.45) is 17.8 Å². The minimum atomic E-state index is 0.868. The van der Waals surface area contributed by atoms with E-state index in [1.54, 1.807) is 0 Å². The third kappa shape index (κ3) is 12.5. The molecule has 0 bridgehead atoms. The summed E-state index contributed by atoms with van der Waals surface area (Å²) < 4.78 is 0. The van der Waals surface area contributed by atoms with Crippen LogP contribution in [0.2, 0.25) is 0 Å². The first-order valence-electron chi connectivity index (χ1n) is 8.75. The molecule has 0 nitrogen and oxygen atoms in total. The van der Waals surface area contributed by atoms with Crippen molar-refractivity contribution in [1.82, 2.24) is 0 Å². The summed E-state index contributed by atoms with van der Waals surface area (Å²) in [5.74, 6) is 2.66. The quantitative estimate of drug-likeness (QED) is 0.313. The van der Waals surface area contributed by atoms with E-state index < -0.39 is 0 Å². The van der Waals surface area contributed by atoms with Gasteiger partial charge in [-0.25, -0.2) is 0 Å². The van der Waals surface area contributed by atoms with E-state index in [1.165, 1.54) is 56.9 Å². The highest BCUT2D eigenvalue weighted by molar-refractivity contribution is 5.10. The van der Waals surface area contributed by atoms with E-state index in [0.717, 1.165) is 24.2 Å². The normalized spacial score (nSPS) is 14.2. The van der Waals surface area contributed by atoms with Crippen LogP contribution >= 0.6 is 0 Å². The molecule has 0 amide bonds. The van der Waals surface area contributed by atoms with Gasteiger partial charge < -0.3 is 0 Å². The Labute approximate surface area is 128 Å². The Balaban J connectivity index is 3.47. The molecule has 0 fully saturated rings. The van der Waals surface area contributed by atoms with Gasteiger partial charge in [0.05, 0.1) is 0 Å². The van der Waals surface area contributed by atoms with Crippen LogP contribution in [0.5, 0.6) is 0 Å². The summed E-state index contributed by atoms with van der Waals surface area (Å²) in [7, 11) is 0. The number of hydrogen-bond donors (Lipinski definition) is 0. The maximum atomic E-state index is 3.98. The highest BCUT2D eigenvalue weighted by Gasteiger charge is 2.06. The smallest absolute Gasteiger partial charge is 0.0285 e. The lowest BCUT2D eigenvalue weighted by Gasteiger charge is -2.15. The monoisotopic (exact) mass is 278 g/mol. The van der Waals surface area contributed by atoms with Crippen molar-refractivity contribution >= 4 is 0 Å². The van der Waals surface area contributed by atoms with Crippen molar-refractivity contribution in [1.29, 1.82) is 0 Å². The molecule has 0 aliphatic heterocycles. The lowest BCUT2D eigenvalue weighted by atomic mass is 9.91. The first kappa shape index (κ1) is 19.5. The van der Waals surface area contributed by atoms with E-state index in [2.05, 4.69) is 40.9 Å². The molecule has 0 heterocycles. The summed E-state index contributed by atoms with van der Waals surface area (Å²) in [5.41, 5.74) is 1.19. The molecule has 0 N–H and O–H groups in total.